The first-order chi connectivity index (χ1) is 11.9. The summed E-state index contributed by atoms with van der Waals surface area (Å²) in [6, 6.07) is 5.87. The minimum atomic E-state index is -0.0518. The lowest BCUT2D eigenvalue weighted by atomic mass is 9.92. The summed E-state index contributed by atoms with van der Waals surface area (Å²) in [5.41, 5.74) is 2.55. The number of amides is 1. The highest BCUT2D eigenvalue weighted by Crippen LogP contribution is 2.30. The number of nitrogens with one attached hydrogen (secondary N) is 2. The van der Waals surface area contributed by atoms with Crippen molar-refractivity contribution in [3.63, 3.8) is 0 Å². The van der Waals surface area contributed by atoms with Crippen molar-refractivity contribution in [1.82, 2.24) is 25.3 Å². The second kappa shape index (κ2) is 7.14. The number of rotatable bonds is 5. The molecule has 1 fully saturated rings. The van der Waals surface area contributed by atoms with E-state index in [2.05, 4.69) is 40.1 Å². The lowest BCUT2D eigenvalue weighted by Gasteiger charge is -2.35. The topological polar surface area (TPSA) is 62.2 Å². The van der Waals surface area contributed by atoms with Gasteiger partial charge < -0.3 is 15.5 Å². The first-order valence-electron chi connectivity index (χ1n) is 9.05. The van der Waals surface area contributed by atoms with E-state index in [1.54, 1.807) is 0 Å². The first kappa shape index (κ1) is 17.9. The molecule has 2 N–H and O–H groups in total. The van der Waals surface area contributed by atoms with Crippen molar-refractivity contribution >= 4 is 16.8 Å². The van der Waals surface area contributed by atoms with E-state index in [4.69, 9.17) is 5.10 Å². The molecule has 0 saturated carbocycles. The zero-order valence-corrected chi connectivity index (χ0v) is 15.7. The second-order valence-electron chi connectivity index (χ2n) is 7.54. The Bertz CT molecular complexity index is 759. The fraction of sp³-hybridized carbons (Fsp3) is 0.579. The van der Waals surface area contributed by atoms with Crippen molar-refractivity contribution < 1.29 is 4.79 Å². The fourth-order valence-electron chi connectivity index (χ4n) is 3.65. The van der Waals surface area contributed by atoms with Crippen molar-refractivity contribution in [2.24, 2.45) is 0 Å². The predicted octanol–water partition coefficient (Wildman–Crippen LogP) is 1.73. The lowest BCUT2D eigenvalue weighted by Crippen LogP contribution is -2.46. The van der Waals surface area contributed by atoms with Crippen molar-refractivity contribution in [3.05, 3.63) is 29.5 Å². The van der Waals surface area contributed by atoms with Gasteiger partial charge in [-0.1, -0.05) is 12.1 Å². The van der Waals surface area contributed by atoms with Gasteiger partial charge in [-0.15, -0.1) is 0 Å². The number of nitrogens with zero attached hydrogens (tertiary/aromatic N) is 3. The van der Waals surface area contributed by atoms with E-state index in [0.29, 0.717) is 12.1 Å². The number of aryl methyl sites for hydroxylation is 1. The molecule has 1 aromatic heterocycles. The van der Waals surface area contributed by atoms with Gasteiger partial charge in [0.15, 0.2) is 0 Å². The summed E-state index contributed by atoms with van der Waals surface area (Å²) in [4.78, 5) is 14.7. The van der Waals surface area contributed by atoms with Gasteiger partial charge in [0.2, 0.25) is 0 Å². The summed E-state index contributed by atoms with van der Waals surface area (Å²) in [5, 5.41) is 12.4. The Kier molecular flexibility index (Phi) is 5.11. The Morgan fingerprint density at radius 2 is 2.24 bits per heavy atom. The highest BCUT2D eigenvalue weighted by Gasteiger charge is 2.32. The van der Waals surface area contributed by atoms with E-state index in [0.717, 1.165) is 49.1 Å². The van der Waals surface area contributed by atoms with Gasteiger partial charge in [-0.2, -0.15) is 5.10 Å². The van der Waals surface area contributed by atoms with Crippen molar-refractivity contribution in [2.75, 3.05) is 40.3 Å². The lowest BCUT2D eigenvalue weighted by molar-refractivity contribution is 0.0952. The van der Waals surface area contributed by atoms with Crippen LogP contribution in [0.2, 0.25) is 0 Å². The maximum absolute atomic E-state index is 12.6. The maximum Gasteiger partial charge on any atom is 0.253 e. The van der Waals surface area contributed by atoms with E-state index in [-0.39, 0.29) is 11.4 Å². The van der Waals surface area contributed by atoms with Gasteiger partial charge in [-0.05, 0) is 53.4 Å². The van der Waals surface area contributed by atoms with E-state index in [1.807, 2.05) is 26.2 Å². The summed E-state index contributed by atoms with van der Waals surface area (Å²) < 4.78 is 2.13. The van der Waals surface area contributed by atoms with Crippen LogP contribution in [-0.4, -0.2) is 60.9 Å². The van der Waals surface area contributed by atoms with Crippen LogP contribution in [0.25, 0.3) is 10.9 Å². The van der Waals surface area contributed by atoms with Crippen LogP contribution in [-0.2, 0) is 5.54 Å². The number of carbonyl (C=O) groups excluding carboxylic acids is 1. The Labute approximate surface area is 149 Å². The molecule has 1 saturated heterocycles. The molecule has 0 bridgehead atoms. The van der Waals surface area contributed by atoms with Gasteiger partial charge in [-0.25, -0.2) is 0 Å². The van der Waals surface area contributed by atoms with Crippen LogP contribution in [0.3, 0.4) is 0 Å². The van der Waals surface area contributed by atoms with E-state index < -0.39 is 0 Å². The number of hydrogen-bond acceptors (Lipinski definition) is 4. The van der Waals surface area contributed by atoms with Gasteiger partial charge in [0.05, 0.1) is 11.1 Å². The van der Waals surface area contributed by atoms with E-state index >= 15 is 0 Å². The molecule has 136 valence electrons. The highest BCUT2D eigenvalue weighted by molar-refractivity contribution is 6.06. The number of fused-ring (bicyclic) bond motifs is 1. The molecule has 1 aromatic carbocycles. The molecule has 1 aliphatic rings. The zero-order chi connectivity index (χ0) is 18.0. The van der Waals surface area contributed by atoms with Crippen LogP contribution in [0.15, 0.2) is 18.2 Å². The van der Waals surface area contributed by atoms with Crippen LogP contribution < -0.4 is 10.6 Å². The smallest absolute Gasteiger partial charge is 0.253 e. The Balaban J connectivity index is 1.93. The normalized spacial score (nSPS) is 21.0. The Hall–Kier alpha value is -1.92. The van der Waals surface area contributed by atoms with Crippen LogP contribution in [0.5, 0.6) is 0 Å². The maximum atomic E-state index is 12.6. The number of hydrogen-bond donors (Lipinski definition) is 2. The predicted molar refractivity (Wildman–Crippen MR) is 101 cm³/mol. The van der Waals surface area contributed by atoms with Gasteiger partial charge >= 0.3 is 0 Å². The molecule has 6 heteroatoms. The van der Waals surface area contributed by atoms with Crippen molar-refractivity contribution in [2.45, 2.75) is 32.2 Å². The van der Waals surface area contributed by atoms with Crippen molar-refractivity contribution in [1.29, 1.82) is 0 Å². The molecular formula is C19H29N5O. The molecule has 1 aliphatic heterocycles. The molecule has 0 radical (unpaired) electrons. The molecule has 2 aromatic rings. The van der Waals surface area contributed by atoms with Gasteiger partial charge in [-0.3, -0.25) is 9.48 Å². The summed E-state index contributed by atoms with van der Waals surface area (Å²) in [7, 11) is 3.99. The van der Waals surface area contributed by atoms with Crippen LogP contribution in [0.4, 0.5) is 0 Å². The minimum absolute atomic E-state index is 0.0416. The van der Waals surface area contributed by atoms with Crippen LogP contribution in [0.1, 0.15) is 35.8 Å². The van der Waals surface area contributed by atoms with Crippen molar-refractivity contribution in [3.8, 4) is 0 Å². The summed E-state index contributed by atoms with van der Waals surface area (Å²) in [6.45, 7) is 7.77. The monoisotopic (exact) mass is 343 g/mol. The minimum Gasteiger partial charge on any atom is -0.351 e. The summed E-state index contributed by atoms with van der Waals surface area (Å²) in [6.07, 6.45) is 2.24. The van der Waals surface area contributed by atoms with Gasteiger partial charge in [0.25, 0.3) is 5.91 Å². The standard InChI is InChI=1S/C19H29N5O/c1-14-15-7-5-8-16(18(25)21-11-12-23(3)4)17(15)22-24(14)19(2)9-6-10-20-13-19/h5,7-8,20H,6,9-13H2,1-4H3,(H,21,25). The highest BCUT2D eigenvalue weighted by atomic mass is 16.1. The first-order valence-corrected chi connectivity index (χ1v) is 9.05. The molecule has 0 aliphatic carbocycles. The molecule has 1 amide bonds. The molecule has 25 heavy (non-hydrogen) atoms. The summed E-state index contributed by atoms with van der Waals surface area (Å²) >= 11 is 0. The summed E-state index contributed by atoms with van der Waals surface area (Å²) in [5.74, 6) is -0.0518. The van der Waals surface area contributed by atoms with Crippen LogP contribution >= 0.6 is 0 Å². The molecule has 1 unspecified atom stereocenters. The molecule has 3 rings (SSSR count). The number of benzene rings is 1. The van der Waals surface area contributed by atoms with E-state index in [1.165, 1.54) is 0 Å². The fourth-order valence-corrected chi connectivity index (χ4v) is 3.65. The largest absolute Gasteiger partial charge is 0.351 e. The average molecular weight is 343 g/mol. The number of piperidine rings is 1. The molecule has 2 heterocycles. The Morgan fingerprint density at radius 1 is 1.44 bits per heavy atom. The van der Waals surface area contributed by atoms with Gasteiger partial charge in [0, 0.05) is 30.7 Å². The quantitative estimate of drug-likeness (QED) is 0.868. The number of aromatic nitrogens is 2. The number of likely N-dealkylation sites (N-methyl/N-ethyl adjacent to an activating group) is 1. The van der Waals surface area contributed by atoms with E-state index in [9.17, 15) is 4.79 Å². The SMILES string of the molecule is Cc1c2cccc(C(=O)NCCN(C)C)c2nn1C1(C)CCCNC1. The molecule has 0 spiro atoms. The zero-order valence-electron chi connectivity index (χ0n) is 15.7. The number of carbonyl (C=O) groups is 1. The third-order valence-electron chi connectivity index (χ3n) is 5.12. The molecular weight excluding hydrogens is 314 g/mol. The average Bonchev–Trinajstić information content (AvgIpc) is 2.93. The van der Waals surface area contributed by atoms with Gasteiger partial charge in [0.1, 0.15) is 5.52 Å². The third kappa shape index (κ3) is 3.55. The second-order valence-corrected chi connectivity index (χ2v) is 7.54. The third-order valence-corrected chi connectivity index (χ3v) is 5.12. The van der Waals surface area contributed by atoms with Crippen LogP contribution in [0, 0.1) is 6.92 Å². The Morgan fingerprint density at radius 3 is 2.92 bits per heavy atom. The molecule has 6 nitrogen and oxygen atoms in total. The molecule has 1 atom stereocenters.